The number of aryl methyl sites for hydroxylation is 1. The first-order valence-corrected chi connectivity index (χ1v) is 6.25. The number of benzene rings is 1. The summed E-state index contributed by atoms with van der Waals surface area (Å²) in [6.45, 7) is 1.78. The summed E-state index contributed by atoms with van der Waals surface area (Å²) in [5.74, 6) is -2.17. The van der Waals surface area contributed by atoms with Gasteiger partial charge in [-0.1, -0.05) is 23.7 Å². The second-order valence-corrected chi connectivity index (χ2v) is 4.90. The Morgan fingerprint density at radius 2 is 1.83 bits per heavy atom. The Bertz CT molecular complexity index is 518. The number of hydrogen-bond donors (Lipinski definition) is 0. The summed E-state index contributed by atoms with van der Waals surface area (Å²) in [6.07, 6.45) is 1.14. The quantitative estimate of drug-likeness (QED) is 0.610. The Morgan fingerprint density at radius 1 is 1.22 bits per heavy atom. The molecular weight excluding hydrogens is 252 g/mol. The standard InChI is InChI=1S/C14H13ClO3/c1-8-4-2-5-9(13(8)15)14(18)12-10(16)6-3-7-11(12)17/h2,4-5,12H,3,6-7H2,1H3. The van der Waals surface area contributed by atoms with Gasteiger partial charge in [-0.2, -0.15) is 0 Å². The lowest BCUT2D eigenvalue weighted by Crippen LogP contribution is -2.35. The summed E-state index contributed by atoms with van der Waals surface area (Å²) in [5.41, 5.74) is 1.03. The van der Waals surface area contributed by atoms with Gasteiger partial charge in [0.2, 0.25) is 0 Å². The van der Waals surface area contributed by atoms with Crippen LogP contribution >= 0.6 is 11.6 Å². The maximum Gasteiger partial charge on any atom is 0.182 e. The van der Waals surface area contributed by atoms with Crippen LogP contribution in [-0.2, 0) is 9.59 Å². The zero-order chi connectivity index (χ0) is 13.3. The first-order valence-electron chi connectivity index (χ1n) is 5.87. The van der Waals surface area contributed by atoms with Gasteiger partial charge in [-0.15, -0.1) is 0 Å². The first kappa shape index (κ1) is 13.0. The Labute approximate surface area is 110 Å². The van der Waals surface area contributed by atoms with E-state index in [1.807, 2.05) is 0 Å². The monoisotopic (exact) mass is 264 g/mol. The number of carbonyl (C=O) groups excluding carboxylic acids is 3. The number of rotatable bonds is 2. The van der Waals surface area contributed by atoms with E-state index in [0.29, 0.717) is 24.3 Å². The van der Waals surface area contributed by atoms with Crippen molar-refractivity contribution in [1.82, 2.24) is 0 Å². The van der Waals surface area contributed by atoms with E-state index >= 15 is 0 Å². The fourth-order valence-corrected chi connectivity index (χ4v) is 2.41. The smallest absolute Gasteiger partial charge is 0.182 e. The van der Waals surface area contributed by atoms with Crippen molar-refractivity contribution in [3.05, 3.63) is 34.3 Å². The van der Waals surface area contributed by atoms with E-state index in [2.05, 4.69) is 0 Å². The van der Waals surface area contributed by atoms with Crippen molar-refractivity contribution in [2.75, 3.05) is 0 Å². The molecule has 1 aliphatic rings. The molecule has 0 amide bonds. The zero-order valence-electron chi connectivity index (χ0n) is 10.0. The minimum Gasteiger partial charge on any atom is -0.298 e. The topological polar surface area (TPSA) is 51.2 Å². The molecule has 1 saturated carbocycles. The van der Waals surface area contributed by atoms with Crippen LogP contribution in [0.4, 0.5) is 0 Å². The minimum atomic E-state index is -1.14. The molecule has 4 heteroatoms. The predicted octanol–water partition coefficient (Wildman–Crippen LogP) is 2.77. The summed E-state index contributed by atoms with van der Waals surface area (Å²) < 4.78 is 0. The fraction of sp³-hybridized carbons (Fsp3) is 0.357. The summed E-state index contributed by atoms with van der Waals surface area (Å²) in [6, 6.07) is 5.04. The maximum absolute atomic E-state index is 12.3. The van der Waals surface area contributed by atoms with Crippen molar-refractivity contribution in [3.8, 4) is 0 Å². The van der Waals surface area contributed by atoms with Crippen molar-refractivity contribution in [3.63, 3.8) is 0 Å². The maximum atomic E-state index is 12.3. The first-order chi connectivity index (χ1) is 8.52. The molecular formula is C14H13ClO3. The summed E-state index contributed by atoms with van der Waals surface area (Å²) in [5, 5.41) is 0.327. The van der Waals surface area contributed by atoms with E-state index in [-0.39, 0.29) is 17.1 Å². The number of ketones is 3. The molecule has 0 radical (unpaired) electrons. The highest BCUT2D eigenvalue weighted by atomic mass is 35.5. The van der Waals surface area contributed by atoms with Gasteiger partial charge in [-0.3, -0.25) is 14.4 Å². The van der Waals surface area contributed by atoms with E-state index in [0.717, 1.165) is 5.56 Å². The summed E-state index contributed by atoms with van der Waals surface area (Å²) in [7, 11) is 0. The van der Waals surface area contributed by atoms with Gasteiger partial charge >= 0.3 is 0 Å². The van der Waals surface area contributed by atoms with Crippen LogP contribution in [0.15, 0.2) is 18.2 Å². The molecule has 0 aliphatic heterocycles. The largest absolute Gasteiger partial charge is 0.298 e. The Hall–Kier alpha value is -1.48. The molecule has 94 valence electrons. The van der Waals surface area contributed by atoms with Crippen LogP contribution in [0.5, 0.6) is 0 Å². The molecule has 0 spiro atoms. The summed E-state index contributed by atoms with van der Waals surface area (Å²) >= 11 is 6.06. The SMILES string of the molecule is Cc1cccc(C(=O)C2C(=O)CCCC2=O)c1Cl. The predicted molar refractivity (Wildman–Crippen MR) is 67.9 cm³/mol. The number of hydrogen-bond acceptors (Lipinski definition) is 3. The highest BCUT2D eigenvalue weighted by molar-refractivity contribution is 6.37. The van der Waals surface area contributed by atoms with Crippen molar-refractivity contribution >= 4 is 29.0 Å². The lowest BCUT2D eigenvalue weighted by atomic mass is 9.81. The molecule has 0 unspecified atom stereocenters. The highest BCUT2D eigenvalue weighted by Gasteiger charge is 2.37. The highest BCUT2D eigenvalue weighted by Crippen LogP contribution is 2.27. The lowest BCUT2D eigenvalue weighted by molar-refractivity contribution is -0.133. The van der Waals surface area contributed by atoms with Crippen LogP contribution in [0.3, 0.4) is 0 Å². The van der Waals surface area contributed by atoms with Crippen molar-refractivity contribution in [2.45, 2.75) is 26.2 Å². The molecule has 18 heavy (non-hydrogen) atoms. The zero-order valence-corrected chi connectivity index (χ0v) is 10.8. The Morgan fingerprint density at radius 3 is 2.44 bits per heavy atom. The van der Waals surface area contributed by atoms with E-state index in [1.165, 1.54) is 0 Å². The third kappa shape index (κ3) is 2.23. The molecule has 0 saturated heterocycles. The molecule has 3 nitrogen and oxygen atoms in total. The molecule has 1 aliphatic carbocycles. The third-order valence-electron chi connectivity index (χ3n) is 3.21. The van der Waals surface area contributed by atoms with Gasteiger partial charge in [0.05, 0.1) is 5.02 Å². The van der Waals surface area contributed by atoms with Gasteiger partial charge < -0.3 is 0 Å². The average Bonchev–Trinajstić information content (AvgIpc) is 2.32. The molecule has 1 aromatic rings. The molecule has 1 fully saturated rings. The Balaban J connectivity index is 2.39. The minimum absolute atomic E-state index is 0.269. The molecule has 0 N–H and O–H groups in total. The van der Waals surface area contributed by atoms with Crippen LogP contribution in [0.25, 0.3) is 0 Å². The van der Waals surface area contributed by atoms with Gasteiger partial charge in [0, 0.05) is 18.4 Å². The number of halogens is 1. The number of carbonyl (C=O) groups is 3. The van der Waals surface area contributed by atoms with E-state index < -0.39 is 11.7 Å². The van der Waals surface area contributed by atoms with E-state index in [1.54, 1.807) is 25.1 Å². The molecule has 1 aromatic carbocycles. The molecule has 0 bridgehead atoms. The molecule has 0 aromatic heterocycles. The number of Topliss-reactive ketones (excluding diaryl/α,β-unsaturated/α-hetero) is 3. The lowest BCUT2D eigenvalue weighted by Gasteiger charge is -2.18. The van der Waals surface area contributed by atoms with Crippen LogP contribution < -0.4 is 0 Å². The van der Waals surface area contributed by atoms with Gasteiger partial charge in [0.15, 0.2) is 17.3 Å². The van der Waals surface area contributed by atoms with Gasteiger partial charge in [0.1, 0.15) is 5.92 Å². The van der Waals surface area contributed by atoms with Gasteiger partial charge in [-0.25, -0.2) is 0 Å². The van der Waals surface area contributed by atoms with E-state index in [4.69, 9.17) is 11.6 Å². The second-order valence-electron chi connectivity index (χ2n) is 4.52. The van der Waals surface area contributed by atoms with Crippen molar-refractivity contribution in [2.24, 2.45) is 5.92 Å². The van der Waals surface area contributed by atoms with Gasteiger partial charge in [-0.05, 0) is 25.0 Å². The average molecular weight is 265 g/mol. The van der Waals surface area contributed by atoms with Crippen LogP contribution in [0.1, 0.15) is 35.2 Å². The molecule has 2 rings (SSSR count). The molecule has 0 atom stereocenters. The summed E-state index contributed by atoms with van der Waals surface area (Å²) in [4.78, 5) is 35.7. The van der Waals surface area contributed by atoms with E-state index in [9.17, 15) is 14.4 Å². The second kappa shape index (κ2) is 5.02. The molecule has 0 heterocycles. The van der Waals surface area contributed by atoms with Crippen molar-refractivity contribution in [1.29, 1.82) is 0 Å². The van der Waals surface area contributed by atoms with Crippen LogP contribution in [0.2, 0.25) is 5.02 Å². The van der Waals surface area contributed by atoms with Crippen LogP contribution in [-0.4, -0.2) is 17.3 Å². The Kier molecular flexibility index (Phi) is 3.62. The van der Waals surface area contributed by atoms with Crippen molar-refractivity contribution < 1.29 is 14.4 Å². The fourth-order valence-electron chi connectivity index (χ4n) is 2.19. The normalized spacial score (nSPS) is 17.0. The van der Waals surface area contributed by atoms with Gasteiger partial charge in [0.25, 0.3) is 0 Å². The third-order valence-corrected chi connectivity index (χ3v) is 3.71. The van der Waals surface area contributed by atoms with Crippen LogP contribution in [0, 0.1) is 12.8 Å².